The third-order valence-corrected chi connectivity index (χ3v) is 4.99. The highest BCUT2D eigenvalue weighted by Crippen LogP contribution is 2.26. The lowest BCUT2D eigenvalue weighted by Crippen LogP contribution is -2.48. The molecule has 0 unspecified atom stereocenters. The predicted molar refractivity (Wildman–Crippen MR) is 118 cm³/mol. The van der Waals surface area contributed by atoms with Crippen LogP contribution in [0.25, 0.3) is 0 Å². The molecule has 2 amide bonds. The Morgan fingerprint density at radius 2 is 1.67 bits per heavy atom. The molecule has 1 heterocycles. The van der Waals surface area contributed by atoms with Crippen LogP contribution in [0, 0.1) is 10.1 Å². The number of carbonyl (C=O) groups is 2. The van der Waals surface area contributed by atoms with Gasteiger partial charge in [-0.05, 0) is 30.4 Å². The highest BCUT2D eigenvalue weighted by atomic mass is 32.1. The highest BCUT2D eigenvalue weighted by molar-refractivity contribution is 7.80. The van der Waals surface area contributed by atoms with E-state index < -0.39 is 10.8 Å². The molecule has 10 heteroatoms. The Bertz CT molecular complexity index is 989. The molecule has 3 rings (SSSR count). The van der Waals surface area contributed by atoms with Crippen LogP contribution in [0.4, 0.5) is 17.1 Å². The summed E-state index contributed by atoms with van der Waals surface area (Å²) in [5.74, 6) is -0.604. The number of nitrogens with zero attached hydrogens (tertiary/aromatic N) is 3. The van der Waals surface area contributed by atoms with Crippen LogP contribution in [0.2, 0.25) is 0 Å². The second kappa shape index (κ2) is 9.31. The van der Waals surface area contributed by atoms with Crippen LogP contribution in [0.5, 0.6) is 0 Å². The molecule has 156 valence electrons. The topological polar surface area (TPSA) is 108 Å². The number of hydrogen-bond donors (Lipinski definition) is 2. The van der Waals surface area contributed by atoms with Crippen molar-refractivity contribution in [2.45, 2.75) is 6.92 Å². The number of para-hydroxylation sites is 3. The summed E-state index contributed by atoms with van der Waals surface area (Å²) in [5.41, 5.74) is 1.23. The van der Waals surface area contributed by atoms with Gasteiger partial charge in [-0.2, -0.15) is 0 Å². The zero-order valence-corrected chi connectivity index (χ0v) is 17.1. The summed E-state index contributed by atoms with van der Waals surface area (Å²) in [7, 11) is 0. The number of nitro benzene ring substituents is 1. The molecule has 2 aromatic rings. The summed E-state index contributed by atoms with van der Waals surface area (Å²) < 4.78 is 0. The summed E-state index contributed by atoms with van der Waals surface area (Å²) in [4.78, 5) is 38.5. The van der Waals surface area contributed by atoms with Crippen LogP contribution in [0.15, 0.2) is 48.5 Å². The van der Waals surface area contributed by atoms with Gasteiger partial charge in [0, 0.05) is 39.2 Å². The Labute approximate surface area is 178 Å². The van der Waals surface area contributed by atoms with E-state index >= 15 is 0 Å². The lowest BCUT2D eigenvalue weighted by atomic mass is 10.1. The molecule has 0 spiro atoms. The van der Waals surface area contributed by atoms with Crippen molar-refractivity contribution in [3.8, 4) is 0 Å². The first-order valence-corrected chi connectivity index (χ1v) is 9.73. The van der Waals surface area contributed by atoms with Gasteiger partial charge in [-0.1, -0.05) is 24.3 Å². The monoisotopic (exact) mass is 427 g/mol. The molecule has 1 aliphatic heterocycles. The average molecular weight is 427 g/mol. The van der Waals surface area contributed by atoms with Crippen LogP contribution in [-0.4, -0.2) is 52.9 Å². The van der Waals surface area contributed by atoms with Crippen molar-refractivity contribution < 1.29 is 14.5 Å². The number of carbonyl (C=O) groups excluding carboxylic acids is 2. The Kier molecular flexibility index (Phi) is 6.58. The quantitative estimate of drug-likeness (QED) is 0.438. The molecular formula is C20H21N5O4S. The van der Waals surface area contributed by atoms with Gasteiger partial charge in [0.2, 0.25) is 5.91 Å². The zero-order chi connectivity index (χ0) is 21.7. The maximum absolute atomic E-state index is 12.5. The molecule has 2 N–H and O–H groups in total. The second-order valence-electron chi connectivity index (χ2n) is 6.69. The van der Waals surface area contributed by atoms with Crippen molar-refractivity contribution in [1.29, 1.82) is 0 Å². The fourth-order valence-corrected chi connectivity index (χ4v) is 3.47. The van der Waals surface area contributed by atoms with Crippen molar-refractivity contribution in [3.63, 3.8) is 0 Å². The van der Waals surface area contributed by atoms with Gasteiger partial charge in [0.1, 0.15) is 5.56 Å². The number of amides is 2. The minimum Gasteiger partial charge on any atom is -0.366 e. The summed E-state index contributed by atoms with van der Waals surface area (Å²) in [6.45, 7) is 4.16. The summed E-state index contributed by atoms with van der Waals surface area (Å²) >= 11 is 5.25. The highest BCUT2D eigenvalue weighted by Gasteiger charge is 2.22. The lowest BCUT2D eigenvalue weighted by molar-refractivity contribution is -0.385. The van der Waals surface area contributed by atoms with Gasteiger partial charge >= 0.3 is 0 Å². The molecule has 0 aromatic heterocycles. The van der Waals surface area contributed by atoms with Crippen molar-refractivity contribution in [1.82, 2.24) is 10.2 Å². The first-order chi connectivity index (χ1) is 14.4. The van der Waals surface area contributed by atoms with Gasteiger partial charge in [0.05, 0.1) is 16.3 Å². The number of anilines is 2. The van der Waals surface area contributed by atoms with Gasteiger partial charge in [-0.3, -0.25) is 25.0 Å². The molecule has 1 saturated heterocycles. The smallest absolute Gasteiger partial charge is 0.282 e. The number of nitrogens with one attached hydrogen (secondary N) is 2. The van der Waals surface area contributed by atoms with Crippen molar-refractivity contribution >= 4 is 46.2 Å². The molecule has 0 saturated carbocycles. The predicted octanol–water partition coefficient (Wildman–Crippen LogP) is 2.39. The van der Waals surface area contributed by atoms with Crippen LogP contribution in [0.1, 0.15) is 17.3 Å². The summed E-state index contributed by atoms with van der Waals surface area (Å²) in [5, 5.41) is 16.7. The van der Waals surface area contributed by atoms with Crippen LogP contribution < -0.4 is 15.5 Å². The first-order valence-electron chi connectivity index (χ1n) is 9.32. The lowest BCUT2D eigenvalue weighted by Gasteiger charge is -2.36. The average Bonchev–Trinajstić information content (AvgIpc) is 2.74. The van der Waals surface area contributed by atoms with Gasteiger partial charge in [-0.15, -0.1) is 0 Å². The molecule has 0 aliphatic carbocycles. The van der Waals surface area contributed by atoms with E-state index in [1.54, 1.807) is 17.9 Å². The zero-order valence-electron chi connectivity index (χ0n) is 16.3. The minimum absolute atomic E-state index is 0.0352. The van der Waals surface area contributed by atoms with Crippen molar-refractivity contribution in [2.75, 3.05) is 36.4 Å². The molecule has 0 bridgehead atoms. The number of thiocarbonyl (C=S) groups is 1. The number of nitro groups is 1. The van der Waals surface area contributed by atoms with E-state index in [0.29, 0.717) is 31.9 Å². The van der Waals surface area contributed by atoms with Crippen LogP contribution in [0.3, 0.4) is 0 Å². The molecule has 0 radical (unpaired) electrons. The molecule has 9 nitrogen and oxygen atoms in total. The minimum atomic E-state index is -0.660. The third kappa shape index (κ3) is 4.90. The molecule has 1 aliphatic rings. The first kappa shape index (κ1) is 21.2. The standard InChI is InChI=1S/C20H21N5O4S/c1-14(26)23-10-12-24(13-11-23)18-9-5-3-7-16(18)21-20(30)22-19(27)15-6-2-4-8-17(15)25(28)29/h2-9H,10-13H2,1H3,(H2,21,22,27,30). The fourth-order valence-electron chi connectivity index (χ4n) is 3.27. The molecular weight excluding hydrogens is 406 g/mol. The second-order valence-corrected chi connectivity index (χ2v) is 7.10. The Morgan fingerprint density at radius 1 is 1.03 bits per heavy atom. The molecule has 30 heavy (non-hydrogen) atoms. The van der Waals surface area contributed by atoms with E-state index in [0.717, 1.165) is 5.69 Å². The molecule has 0 atom stereocenters. The van der Waals surface area contributed by atoms with Crippen LogP contribution in [-0.2, 0) is 4.79 Å². The normalized spacial score (nSPS) is 13.5. The van der Waals surface area contributed by atoms with Crippen LogP contribution >= 0.6 is 12.2 Å². The Balaban J connectivity index is 1.69. The van der Waals surface area contributed by atoms with E-state index in [2.05, 4.69) is 15.5 Å². The fraction of sp³-hybridized carbons (Fsp3) is 0.250. The molecule has 2 aromatic carbocycles. The largest absolute Gasteiger partial charge is 0.366 e. The van der Waals surface area contributed by atoms with Crippen molar-refractivity contribution in [3.05, 3.63) is 64.2 Å². The van der Waals surface area contributed by atoms with E-state index in [1.807, 2.05) is 24.3 Å². The van der Waals surface area contributed by atoms with Gasteiger partial charge in [0.25, 0.3) is 11.6 Å². The van der Waals surface area contributed by atoms with Gasteiger partial charge in [-0.25, -0.2) is 0 Å². The third-order valence-electron chi connectivity index (χ3n) is 4.79. The number of benzene rings is 2. The summed E-state index contributed by atoms with van der Waals surface area (Å²) in [6, 6.07) is 13.2. The number of piperazine rings is 1. The maximum Gasteiger partial charge on any atom is 0.282 e. The summed E-state index contributed by atoms with van der Waals surface area (Å²) in [6.07, 6.45) is 0. The van der Waals surface area contributed by atoms with Gasteiger partial charge < -0.3 is 15.1 Å². The number of hydrogen-bond acceptors (Lipinski definition) is 6. The van der Waals surface area contributed by atoms with E-state index in [1.165, 1.54) is 18.2 Å². The van der Waals surface area contributed by atoms with E-state index in [9.17, 15) is 19.7 Å². The maximum atomic E-state index is 12.5. The van der Waals surface area contributed by atoms with Gasteiger partial charge in [0.15, 0.2) is 5.11 Å². The Hall–Kier alpha value is -3.53. The Morgan fingerprint density at radius 3 is 2.33 bits per heavy atom. The van der Waals surface area contributed by atoms with E-state index in [4.69, 9.17) is 12.2 Å². The van der Waals surface area contributed by atoms with Crippen molar-refractivity contribution in [2.24, 2.45) is 0 Å². The SMILES string of the molecule is CC(=O)N1CCN(c2ccccc2NC(=S)NC(=O)c2ccccc2[N+](=O)[O-])CC1. The number of rotatable bonds is 4. The molecule has 1 fully saturated rings. The van der Waals surface area contributed by atoms with E-state index in [-0.39, 0.29) is 22.3 Å².